The monoisotopic (exact) mass is 184 g/mol. The van der Waals surface area contributed by atoms with Crippen LogP contribution in [0.5, 0.6) is 0 Å². The molecule has 0 radical (unpaired) electrons. The minimum absolute atomic E-state index is 0.564. The summed E-state index contributed by atoms with van der Waals surface area (Å²) in [5, 5.41) is 0. The van der Waals surface area contributed by atoms with Crippen molar-refractivity contribution in [2.45, 2.75) is 61.3 Å². The van der Waals surface area contributed by atoms with Gasteiger partial charge in [0, 0.05) is 0 Å². The molecule has 80 valence electrons. The molecule has 0 rings (SSSR count). The third kappa shape index (κ3) is 2.48. The van der Waals surface area contributed by atoms with Crippen LogP contribution in [0, 0.1) is 23.2 Å². The molecule has 0 bridgehead atoms. The molecule has 0 saturated carbocycles. The van der Waals surface area contributed by atoms with E-state index in [0.29, 0.717) is 5.41 Å². The highest BCUT2D eigenvalue weighted by Gasteiger charge is 2.36. The zero-order chi connectivity index (χ0) is 10.6. The predicted octanol–water partition coefficient (Wildman–Crippen LogP) is 4.74. The molecular formula is C13H28. The third-order valence-electron chi connectivity index (χ3n) is 4.37. The lowest BCUT2D eigenvalue weighted by Gasteiger charge is -2.44. The molecule has 0 saturated heterocycles. The van der Waals surface area contributed by atoms with Crippen molar-refractivity contribution in [1.82, 2.24) is 0 Å². The molecule has 0 aromatic heterocycles. The zero-order valence-corrected chi connectivity index (χ0v) is 10.6. The number of hydrogen-bond acceptors (Lipinski definition) is 0. The Labute approximate surface area is 85.1 Å². The van der Waals surface area contributed by atoms with Crippen LogP contribution in [0.4, 0.5) is 0 Å². The van der Waals surface area contributed by atoms with Crippen LogP contribution in [0.2, 0.25) is 0 Å². The van der Waals surface area contributed by atoms with Gasteiger partial charge in [0.2, 0.25) is 0 Å². The third-order valence-corrected chi connectivity index (χ3v) is 4.37. The molecular weight excluding hydrogens is 156 g/mol. The van der Waals surface area contributed by atoms with Gasteiger partial charge in [0.15, 0.2) is 0 Å². The molecule has 0 aliphatic rings. The molecule has 0 amide bonds. The number of rotatable bonds is 5. The van der Waals surface area contributed by atoms with E-state index in [1.54, 1.807) is 0 Å². The summed E-state index contributed by atoms with van der Waals surface area (Å²) in [4.78, 5) is 0. The minimum atomic E-state index is 0.564. The van der Waals surface area contributed by atoms with Gasteiger partial charge in [-0.1, -0.05) is 48.5 Å². The maximum absolute atomic E-state index is 2.43. The fourth-order valence-corrected chi connectivity index (χ4v) is 2.90. The van der Waals surface area contributed by atoms with E-state index in [4.69, 9.17) is 0 Å². The van der Waals surface area contributed by atoms with Gasteiger partial charge in [-0.15, -0.1) is 0 Å². The standard InChI is InChI=1S/C13H28/c1-8-13(9-2,11(5)6)12(7)10(3)4/h10-12H,8-9H2,1-7H3. The lowest BCUT2D eigenvalue weighted by Crippen LogP contribution is -2.35. The first kappa shape index (κ1) is 13.0. The SMILES string of the molecule is CCC(CC)(C(C)C)C(C)C(C)C. The Kier molecular flexibility index (Phi) is 5.02. The van der Waals surface area contributed by atoms with Crippen LogP contribution in [0.1, 0.15) is 61.3 Å². The topological polar surface area (TPSA) is 0 Å². The smallest absolute Gasteiger partial charge is 0.0252 e. The summed E-state index contributed by atoms with van der Waals surface area (Å²) in [6, 6.07) is 0. The van der Waals surface area contributed by atoms with Crippen molar-refractivity contribution in [3.05, 3.63) is 0 Å². The van der Waals surface area contributed by atoms with Crippen molar-refractivity contribution in [3.8, 4) is 0 Å². The largest absolute Gasteiger partial charge is 0.0648 e. The Bertz CT molecular complexity index is 129. The van der Waals surface area contributed by atoms with Crippen LogP contribution in [0.25, 0.3) is 0 Å². The maximum atomic E-state index is 2.43. The first-order valence-electron chi connectivity index (χ1n) is 5.92. The van der Waals surface area contributed by atoms with E-state index in [-0.39, 0.29) is 0 Å². The van der Waals surface area contributed by atoms with E-state index in [1.165, 1.54) is 12.8 Å². The van der Waals surface area contributed by atoms with Gasteiger partial charge in [-0.05, 0) is 36.0 Å². The molecule has 0 nitrogen and oxygen atoms in total. The first-order valence-corrected chi connectivity index (χ1v) is 5.92. The Morgan fingerprint density at radius 1 is 0.846 bits per heavy atom. The van der Waals surface area contributed by atoms with E-state index in [9.17, 15) is 0 Å². The molecule has 1 atom stereocenters. The summed E-state index contributed by atoms with van der Waals surface area (Å²) in [5.41, 5.74) is 0.564. The summed E-state index contributed by atoms with van der Waals surface area (Å²) < 4.78 is 0. The molecule has 0 aromatic carbocycles. The second-order valence-electron chi connectivity index (χ2n) is 5.13. The van der Waals surface area contributed by atoms with Crippen molar-refractivity contribution in [2.24, 2.45) is 23.2 Å². The molecule has 0 N–H and O–H groups in total. The Balaban J connectivity index is 4.75. The molecule has 0 aromatic rings. The molecule has 0 heterocycles. The normalized spacial score (nSPS) is 15.5. The van der Waals surface area contributed by atoms with Crippen molar-refractivity contribution in [1.29, 1.82) is 0 Å². The molecule has 0 aliphatic carbocycles. The van der Waals surface area contributed by atoms with Crippen LogP contribution in [-0.4, -0.2) is 0 Å². The van der Waals surface area contributed by atoms with Crippen molar-refractivity contribution >= 4 is 0 Å². The first-order chi connectivity index (χ1) is 5.92. The Morgan fingerprint density at radius 2 is 1.23 bits per heavy atom. The minimum Gasteiger partial charge on any atom is -0.0648 e. The van der Waals surface area contributed by atoms with E-state index < -0.39 is 0 Å². The van der Waals surface area contributed by atoms with E-state index in [2.05, 4.69) is 48.5 Å². The fourth-order valence-electron chi connectivity index (χ4n) is 2.90. The van der Waals surface area contributed by atoms with Crippen molar-refractivity contribution in [3.63, 3.8) is 0 Å². The highest BCUT2D eigenvalue weighted by molar-refractivity contribution is 4.86. The molecule has 13 heavy (non-hydrogen) atoms. The van der Waals surface area contributed by atoms with Gasteiger partial charge >= 0.3 is 0 Å². The van der Waals surface area contributed by atoms with Gasteiger partial charge < -0.3 is 0 Å². The molecule has 0 spiro atoms. The van der Waals surface area contributed by atoms with Gasteiger partial charge in [-0.2, -0.15) is 0 Å². The average molecular weight is 184 g/mol. The lowest BCUT2D eigenvalue weighted by atomic mass is 9.62. The van der Waals surface area contributed by atoms with Crippen LogP contribution in [0.15, 0.2) is 0 Å². The van der Waals surface area contributed by atoms with Gasteiger partial charge in [0.05, 0.1) is 0 Å². The van der Waals surface area contributed by atoms with Gasteiger partial charge in [0.1, 0.15) is 0 Å². The zero-order valence-electron chi connectivity index (χ0n) is 10.6. The summed E-state index contributed by atoms with van der Waals surface area (Å²) in [5.74, 6) is 2.45. The average Bonchev–Trinajstić information content (AvgIpc) is 2.06. The van der Waals surface area contributed by atoms with Gasteiger partial charge in [0.25, 0.3) is 0 Å². The molecule has 0 fully saturated rings. The highest BCUT2D eigenvalue weighted by atomic mass is 14.4. The lowest BCUT2D eigenvalue weighted by molar-refractivity contribution is 0.0578. The van der Waals surface area contributed by atoms with Crippen molar-refractivity contribution < 1.29 is 0 Å². The van der Waals surface area contributed by atoms with Crippen LogP contribution < -0.4 is 0 Å². The van der Waals surface area contributed by atoms with Crippen molar-refractivity contribution in [2.75, 3.05) is 0 Å². The van der Waals surface area contributed by atoms with Gasteiger partial charge in [-0.3, -0.25) is 0 Å². The summed E-state index contributed by atoms with van der Waals surface area (Å²) in [6.07, 6.45) is 2.64. The fraction of sp³-hybridized carbons (Fsp3) is 1.00. The Morgan fingerprint density at radius 3 is 1.31 bits per heavy atom. The Hall–Kier alpha value is 0. The van der Waals surface area contributed by atoms with Gasteiger partial charge in [-0.25, -0.2) is 0 Å². The summed E-state index contributed by atoms with van der Waals surface area (Å²) in [6.45, 7) is 16.6. The summed E-state index contributed by atoms with van der Waals surface area (Å²) in [7, 11) is 0. The summed E-state index contributed by atoms with van der Waals surface area (Å²) >= 11 is 0. The van der Waals surface area contributed by atoms with Crippen LogP contribution in [0.3, 0.4) is 0 Å². The van der Waals surface area contributed by atoms with E-state index in [0.717, 1.165) is 17.8 Å². The van der Waals surface area contributed by atoms with Crippen LogP contribution in [-0.2, 0) is 0 Å². The van der Waals surface area contributed by atoms with Crippen LogP contribution >= 0.6 is 0 Å². The number of hydrogen-bond donors (Lipinski definition) is 0. The quantitative estimate of drug-likeness (QED) is 0.579. The van der Waals surface area contributed by atoms with E-state index in [1.807, 2.05) is 0 Å². The maximum Gasteiger partial charge on any atom is -0.0252 e. The second kappa shape index (κ2) is 5.02. The predicted molar refractivity (Wildman–Crippen MR) is 61.9 cm³/mol. The molecule has 1 unspecified atom stereocenters. The highest BCUT2D eigenvalue weighted by Crippen LogP contribution is 2.45. The van der Waals surface area contributed by atoms with E-state index >= 15 is 0 Å². The molecule has 0 heteroatoms. The molecule has 0 aliphatic heterocycles. The second-order valence-corrected chi connectivity index (χ2v) is 5.13.